The third kappa shape index (κ3) is 2.57. The molecule has 1 unspecified atom stereocenters. The summed E-state index contributed by atoms with van der Waals surface area (Å²) in [5, 5.41) is 0. The van der Waals surface area contributed by atoms with E-state index in [4.69, 9.17) is 10.5 Å². The molecule has 1 aliphatic heterocycles. The van der Waals surface area contributed by atoms with Crippen LogP contribution in [0.4, 0.5) is 4.79 Å². The fourth-order valence-electron chi connectivity index (χ4n) is 2.68. The molecule has 2 aliphatic rings. The standard InChI is InChI=1S/C13H24N2O2/c1-12(2,3)17-11(16)15-6-5-9(8-15)13(4)7-10(13)14/h9-10H,5-8,14H2,1-4H3/t9?,10-,13+/m0/s1. The van der Waals surface area contributed by atoms with Crippen LogP contribution in [0.1, 0.15) is 40.5 Å². The van der Waals surface area contributed by atoms with Crippen LogP contribution in [0.3, 0.4) is 0 Å². The number of ether oxygens (including phenoxy) is 1. The van der Waals surface area contributed by atoms with Gasteiger partial charge >= 0.3 is 6.09 Å². The van der Waals surface area contributed by atoms with Crippen LogP contribution >= 0.6 is 0 Å². The van der Waals surface area contributed by atoms with E-state index in [0.717, 1.165) is 25.9 Å². The van der Waals surface area contributed by atoms with Crippen LogP contribution < -0.4 is 5.73 Å². The number of nitrogens with zero attached hydrogens (tertiary/aromatic N) is 1. The van der Waals surface area contributed by atoms with Crippen LogP contribution in [0.2, 0.25) is 0 Å². The zero-order valence-corrected chi connectivity index (χ0v) is 11.3. The molecular formula is C13H24N2O2. The molecule has 98 valence electrons. The van der Waals surface area contributed by atoms with Gasteiger partial charge in [0.25, 0.3) is 0 Å². The Balaban J connectivity index is 1.88. The van der Waals surface area contributed by atoms with Crippen molar-refractivity contribution in [3.63, 3.8) is 0 Å². The van der Waals surface area contributed by atoms with Crippen LogP contribution in [0.15, 0.2) is 0 Å². The normalized spacial score (nSPS) is 37.1. The Bertz CT molecular complexity index is 324. The zero-order chi connectivity index (χ0) is 12.8. The third-order valence-electron chi connectivity index (χ3n) is 4.12. The second-order valence-electron chi connectivity index (χ2n) is 6.73. The number of carbonyl (C=O) groups is 1. The summed E-state index contributed by atoms with van der Waals surface area (Å²) in [6.45, 7) is 9.55. The first-order chi connectivity index (χ1) is 7.72. The van der Waals surface area contributed by atoms with Crippen LogP contribution in [-0.4, -0.2) is 35.7 Å². The van der Waals surface area contributed by atoms with E-state index in [-0.39, 0.29) is 11.5 Å². The molecule has 17 heavy (non-hydrogen) atoms. The average Bonchev–Trinajstić information content (AvgIpc) is 2.66. The van der Waals surface area contributed by atoms with E-state index in [9.17, 15) is 4.79 Å². The monoisotopic (exact) mass is 240 g/mol. The Kier molecular flexibility index (Phi) is 2.89. The summed E-state index contributed by atoms with van der Waals surface area (Å²) in [6, 6.07) is 0.325. The summed E-state index contributed by atoms with van der Waals surface area (Å²) in [5.74, 6) is 0.546. The van der Waals surface area contributed by atoms with E-state index in [1.165, 1.54) is 0 Å². The Morgan fingerprint density at radius 3 is 2.53 bits per heavy atom. The van der Waals surface area contributed by atoms with E-state index in [2.05, 4.69) is 6.92 Å². The van der Waals surface area contributed by atoms with Crippen molar-refractivity contribution in [2.45, 2.75) is 52.2 Å². The summed E-state index contributed by atoms with van der Waals surface area (Å²) >= 11 is 0. The van der Waals surface area contributed by atoms with Gasteiger partial charge in [-0.05, 0) is 44.9 Å². The number of likely N-dealkylation sites (tertiary alicyclic amines) is 1. The van der Waals surface area contributed by atoms with Gasteiger partial charge in [-0.2, -0.15) is 0 Å². The minimum Gasteiger partial charge on any atom is -0.444 e. The van der Waals surface area contributed by atoms with E-state index in [1.807, 2.05) is 25.7 Å². The van der Waals surface area contributed by atoms with Crippen molar-refractivity contribution in [2.24, 2.45) is 17.1 Å². The number of nitrogens with two attached hydrogens (primary N) is 1. The van der Waals surface area contributed by atoms with Gasteiger partial charge in [0.15, 0.2) is 0 Å². The summed E-state index contributed by atoms with van der Waals surface area (Å²) in [4.78, 5) is 13.7. The molecule has 1 saturated heterocycles. The molecule has 1 aliphatic carbocycles. The van der Waals surface area contributed by atoms with Crippen LogP contribution in [0, 0.1) is 11.3 Å². The Morgan fingerprint density at radius 2 is 2.06 bits per heavy atom. The number of rotatable bonds is 1. The first kappa shape index (κ1) is 12.7. The maximum Gasteiger partial charge on any atom is 0.410 e. The van der Waals surface area contributed by atoms with Gasteiger partial charge in [0.1, 0.15) is 5.60 Å². The number of amides is 1. The molecule has 1 heterocycles. The Hall–Kier alpha value is -0.770. The lowest BCUT2D eigenvalue weighted by molar-refractivity contribution is 0.0282. The maximum atomic E-state index is 11.9. The van der Waals surface area contributed by atoms with Gasteiger partial charge in [-0.25, -0.2) is 4.79 Å². The molecule has 2 rings (SSSR count). The zero-order valence-electron chi connectivity index (χ0n) is 11.3. The number of hydrogen-bond acceptors (Lipinski definition) is 3. The van der Waals surface area contributed by atoms with Gasteiger partial charge in [-0.15, -0.1) is 0 Å². The minimum absolute atomic E-state index is 0.183. The van der Waals surface area contributed by atoms with Crippen molar-refractivity contribution >= 4 is 6.09 Å². The van der Waals surface area contributed by atoms with Crippen molar-refractivity contribution in [3.05, 3.63) is 0 Å². The molecular weight excluding hydrogens is 216 g/mol. The van der Waals surface area contributed by atoms with Gasteiger partial charge in [0.2, 0.25) is 0 Å². The molecule has 0 aromatic rings. The molecule has 0 aromatic carbocycles. The first-order valence-corrected chi connectivity index (χ1v) is 6.46. The highest BCUT2D eigenvalue weighted by molar-refractivity contribution is 5.68. The fraction of sp³-hybridized carbons (Fsp3) is 0.923. The summed E-state index contributed by atoms with van der Waals surface area (Å²) in [6.07, 6.45) is 1.97. The van der Waals surface area contributed by atoms with Crippen LogP contribution in [0.25, 0.3) is 0 Å². The smallest absolute Gasteiger partial charge is 0.410 e. The molecule has 2 N–H and O–H groups in total. The van der Waals surface area contributed by atoms with Crippen molar-refractivity contribution < 1.29 is 9.53 Å². The topological polar surface area (TPSA) is 55.6 Å². The molecule has 1 saturated carbocycles. The third-order valence-corrected chi connectivity index (χ3v) is 4.12. The average molecular weight is 240 g/mol. The van der Waals surface area contributed by atoms with Gasteiger partial charge in [0, 0.05) is 19.1 Å². The second kappa shape index (κ2) is 3.87. The van der Waals surface area contributed by atoms with Crippen molar-refractivity contribution in [1.82, 2.24) is 4.90 Å². The van der Waals surface area contributed by atoms with Gasteiger partial charge in [-0.3, -0.25) is 0 Å². The number of hydrogen-bond donors (Lipinski definition) is 1. The van der Waals surface area contributed by atoms with Crippen molar-refractivity contribution in [3.8, 4) is 0 Å². The molecule has 4 nitrogen and oxygen atoms in total. The predicted molar refractivity (Wildman–Crippen MR) is 66.6 cm³/mol. The number of carbonyl (C=O) groups excluding carboxylic acids is 1. The highest BCUT2D eigenvalue weighted by Gasteiger charge is 2.54. The lowest BCUT2D eigenvalue weighted by Crippen LogP contribution is -2.36. The SMILES string of the molecule is CC(C)(C)OC(=O)N1CCC([C@@]2(C)C[C@@H]2N)C1. The van der Waals surface area contributed by atoms with E-state index >= 15 is 0 Å². The van der Waals surface area contributed by atoms with E-state index in [0.29, 0.717) is 12.0 Å². The van der Waals surface area contributed by atoms with E-state index in [1.54, 1.807) is 0 Å². The van der Waals surface area contributed by atoms with Crippen LogP contribution in [0.5, 0.6) is 0 Å². The van der Waals surface area contributed by atoms with Crippen molar-refractivity contribution in [1.29, 1.82) is 0 Å². The molecule has 1 amide bonds. The maximum absolute atomic E-state index is 11.9. The molecule has 0 bridgehead atoms. The highest BCUT2D eigenvalue weighted by atomic mass is 16.6. The van der Waals surface area contributed by atoms with Gasteiger partial charge in [-0.1, -0.05) is 6.92 Å². The highest BCUT2D eigenvalue weighted by Crippen LogP contribution is 2.53. The molecule has 0 aromatic heterocycles. The summed E-state index contributed by atoms with van der Waals surface area (Å²) < 4.78 is 5.39. The largest absolute Gasteiger partial charge is 0.444 e. The second-order valence-corrected chi connectivity index (χ2v) is 6.73. The predicted octanol–water partition coefficient (Wildman–Crippen LogP) is 1.98. The van der Waals surface area contributed by atoms with Crippen molar-refractivity contribution in [2.75, 3.05) is 13.1 Å². The first-order valence-electron chi connectivity index (χ1n) is 6.46. The molecule has 3 atom stereocenters. The van der Waals surface area contributed by atoms with Crippen LogP contribution in [-0.2, 0) is 4.74 Å². The van der Waals surface area contributed by atoms with E-state index < -0.39 is 5.60 Å². The van der Waals surface area contributed by atoms with Gasteiger partial charge in [0.05, 0.1) is 0 Å². The molecule has 4 heteroatoms. The Labute approximate surface area is 103 Å². The Morgan fingerprint density at radius 1 is 1.47 bits per heavy atom. The summed E-state index contributed by atoms with van der Waals surface area (Å²) in [7, 11) is 0. The lowest BCUT2D eigenvalue weighted by Gasteiger charge is -2.25. The van der Waals surface area contributed by atoms with Gasteiger partial charge < -0.3 is 15.4 Å². The fourth-order valence-corrected chi connectivity index (χ4v) is 2.68. The summed E-state index contributed by atoms with van der Waals surface area (Å²) in [5.41, 5.74) is 5.82. The molecule has 0 spiro atoms. The lowest BCUT2D eigenvalue weighted by atomic mass is 9.89. The quantitative estimate of drug-likeness (QED) is 0.762. The minimum atomic E-state index is -0.408. The molecule has 2 fully saturated rings. The molecule has 0 radical (unpaired) electrons.